The SMILES string of the molecule is CC1=C(C)C(Cl)=CC(C)C1. The van der Waals surface area contributed by atoms with E-state index in [0.29, 0.717) is 5.92 Å². The van der Waals surface area contributed by atoms with Gasteiger partial charge in [0.2, 0.25) is 0 Å². The molecular formula is C9H13Cl. The lowest BCUT2D eigenvalue weighted by Gasteiger charge is -2.17. The summed E-state index contributed by atoms with van der Waals surface area (Å²) in [6.07, 6.45) is 3.30. The Morgan fingerprint density at radius 3 is 2.60 bits per heavy atom. The Balaban J connectivity index is 2.90. The Hall–Kier alpha value is -0.230. The van der Waals surface area contributed by atoms with Crippen molar-refractivity contribution >= 4 is 11.6 Å². The highest BCUT2D eigenvalue weighted by atomic mass is 35.5. The number of rotatable bonds is 0. The molecule has 10 heavy (non-hydrogen) atoms. The van der Waals surface area contributed by atoms with Crippen LogP contribution in [-0.2, 0) is 0 Å². The second-order valence-electron chi connectivity index (χ2n) is 3.10. The van der Waals surface area contributed by atoms with Crippen molar-refractivity contribution in [2.24, 2.45) is 5.92 Å². The molecule has 0 aromatic rings. The van der Waals surface area contributed by atoms with E-state index < -0.39 is 0 Å². The Morgan fingerprint density at radius 1 is 1.50 bits per heavy atom. The molecule has 1 aliphatic carbocycles. The zero-order valence-corrected chi connectivity index (χ0v) is 7.50. The zero-order chi connectivity index (χ0) is 7.72. The van der Waals surface area contributed by atoms with Crippen molar-refractivity contribution in [2.45, 2.75) is 27.2 Å². The van der Waals surface area contributed by atoms with E-state index in [2.05, 4.69) is 26.8 Å². The Kier molecular flexibility index (Phi) is 2.20. The monoisotopic (exact) mass is 156 g/mol. The fourth-order valence-electron chi connectivity index (χ4n) is 1.27. The molecule has 0 saturated carbocycles. The molecule has 0 heterocycles. The van der Waals surface area contributed by atoms with Crippen LogP contribution in [0.15, 0.2) is 22.3 Å². The van der Waals surface area contributed by atoms with Crippen LogP contribution < -0.4 is 0 Å². The molecule has 1 aliphatic rings. The highest BCUT2D eigenvalue weighted by Gasteiger charge is 2.11. The first-order chi connectivity index (χ1) is 4.61. The van der Waals surface area contributed by atoms with Gasteiger partial charge in [-0.3, -0.25) is 0 Å². The molecule has 0 fully saturated rings. The average Bonchev–Trinajstić information content (AvgIpc) is 1.82. The quantitative estimate of drug-likeness (QED) is 0.504. The molecule has 0 saturated heterocycles. The van der Waals surface area contributed by atoms with Crippen molar-refractivity contribution in [1.29, 1.82) is 0 Å². The van der Waals surface area contributed by atoms with Gasteiger partial charge in [-0.05, 0) is 31.8 Å². The number of allylic oxidation sites excluding steroid dienone is 4. The maximum Gasteiger partial charge on any atom is 0.0397 e. The lowest BCUT2D eigenvalue weighted by molar-refractivity contribution is 0.697. The van der Waals surface area contributed by atoms with E-state index in [1.807, 2.05) is 0 Å². The number of hydrogen-bond donors (Lipinski definition) is 0. The minimum atomic E-state index is 0.621. The number of halogens is 1. The van der Waals surface area contributed by atoms with Crippen LogP contribution in [0.4, 0.5) is 0 Å². The summed E-state index contributed by atoms with van der Waals surface area (Å²) in [4.78, 5) is 0. The molecule has 1 rings (SSSR count). The third-order valence-electron chi connectivity index (χ3n) is 2.06. The van der Waals surface area contributed by atoms with Gasteiger partial charge in [-0.2, -0.15) is 0 Å². The minimum absolute atomic E-state index is 0.621. The van der Waals surface area contributed by atoms with Gasteiger partial charge in [0.05, 0.1) is 0 Å². The van der Waals surface area contributed by atoms with Gasteiger partial charge in [-0.25, -0.2) is 0 Å². The van der Waals surface area contributed by atoms with Crippen molar-refractivity contribution in [2.75, 3.05) is 0 Å². The van der Waals surface area contributed by atoms with Crippen LogP contribution in [0.2, 0.25) is 0 Å². The summed E-state index contributed by atoms with van der Waals surface area (Å²) >= 11 is 5.96. The van der Waals surface area contributed by atoms with E-state index >= 15 is 0 Å². The van der Waals surface area contributed by atoms with E-state index in [1.54, 1.807) is 0 Å². The first-order valence-corrected chi connectivity index (χ1v) is 4.03. The van der Waals surface area contributed by atoms with E-state index in [9.17, 15) is 0 Å². The Labute approximate surface area is 67.6 Å². The summed E-state index contributed by atoms with van der Waals surface area (Å²) in [5, 5.41) is 0.941. The predicted molar refractivity (Wildman–Crippen MR) is 46.1 cm³/mol. The lowest BCUT2D eigenvalue weighted by atomic mass is 9.92. The molecule has 1 unspecified atom stereocenters. The van der Waals surface area contributed by atoms with Gasteiger partial charge in [0.15, 0.2) is 0 Å². The molecule has 0 radical (unpaired) electrons. The van der Waals surface area contributed by atoms with Crippen molar-refractivity contribution in [3.8, 4) is 0 Å². The summed E-state index contributed by atoms with van der Waals surface area (Å²) < 4.78 is 0. The molecule has 0 aromatic carbocycles. The molecular weight excluding hydrogens is 144 g/mol. The molecule has 0 amide bonds. The highest BCUT2D eigenvalue weighted by Crippen LogP contribution is 2.29. The molecule has 0 bridgehead atoms. The first kappa shape index (κ1) is 7.87. The fourth-order valence-corrected chi connectivity index (χ4v) is 1.65. The van der Waals surface area contributed by atoms with Crippen LogP contribution in [0.3, 0.4) is 0 Å². The van der Waals surface area contributed by atoms with Gasteiger partial charge in [0.25, 0.3) is 0 Å². The van der Waals surface area contributed by atoms with Gasteiger partial charge in [0, 0.05) is 5.03 Å². The second-order valence-corrected chi connectivity index (χ2v) is 3.51. The summed E-state index contributed by atoms with van der Waals surface area (Å²) in [6, 6.07) is 0. The fraction of sp³-hybridized carbons (Fsp3) is 0.556. The molecule has 0 spiro atoms. The van der Waals surface area contributed by atoms with Crippen LogP contribution in [0.5, 0.6) is 0 Å². The third kappa shape index (κ3) is 1.43. The van der Waals surface area contributed by atoms with Crippen LogP contribution in [0.1, 0.15) is 27.2 Å². The first-order valence-electron chi connectivity index (χ1n) is 3.65. The van der Waals surface area contributed by atoms with E-state index in [4.69, 9.17) is 11.6 Å². The lowest BCUT2D eigenvalue weighted by Crippen LogP contribution is -2.00. The van der Waals surface area contributed by atoms with Crippen molar-refractivity contribution in [1.82, 2.24) is 0 Å². The second kappa shape index (κ2) is 2.79. The maximum absolute atomic E-state index is 5.96. The minimum Gasteiger partial charge on any atom is -0.0844 e. The summed E-state index contributed by atoms with van der Waals surface area (Å²) in [6.45, 7) is 6.43. The Morgan fingerprint density at radius 2 is 2.10 bits per heavy atom. The smallest absolute Gasteiger partial charge is 0.0397 e. The normalized spacial score (nSPS) is 26.8. The third-order valence-corrected chi connectivity index (χ3v) is 2.47. The van der Waals surface area contributed by atoms with Crippen molar-refractivity contribution in [3.05, 3.63) is 22.3 Å². The topological polar surface area (TPSA) is 0 Å². The van der Waals surface area contributed by atoms with Gasteiger partial charge >= 0.3 is 0 Å². The van der Waals surface area contributed by atoms with Gasteiger partial charge in [0.1, 0.15) is 0 Å². The predicted octanol–water partition coefficient (Wildman–Crippen LogP) is 3.49. The van der Waals surface area contributed by atoms with E-state index in [-0.39, 0.29) is 0 Å². The van der Waals surface area contributed by atoms with E-state index in [0.717, 1.165) is 5.03 Å². The van der Waals surface area contributed by atoms with Gasteiger partial charge in [-0.1, -0.05) is 30.2 Å². The summed E-state index contributed by atoms with van der Waals surface area (Å²) in [5.41, 5.74) is 2.69. The maximum atomic E-state index is 5.96. The van der Waals surface area contributed by atoms with Crippen LogP contribution in [0, 0.1) is 5.92 Å². The largest absolute Gasteiger partial charge is 0.0844 e. The summed E-state index contributed by atoms with van der Waals surface area (Å²) in [5.74, 6) is 0.621. The van der Waals surface area contributed by atoms with Crippen molar-refractivity contribution in [3.63, 3.8) is 0 Å². The standard InChI is InChI=1S/C9H13Cl/c1-6-4-7(2)8(3)9(10)5-6/h5-6H,4H2,1-3H3. The molecule has 1 heteroatoms. The molecule has 0 nitrogen and oxygen atoms in total. The zero-order valence-electron chi connectivity index (χ0n) is 6.74. The van der Waals surface area contributed by atoms with Crippen LogP contribution in [-0.4, -0.2) is 0 Å². The summed E-state index contributed by atoms with van der Waals surface area (Å²) in [7, 11) is 0. The van der Waals surface area contributed by atoms with Crippen molar-refractivity contribution < 1.29 is 0 Å². The van der Waals surface area contributed by atoms with Gasteiger partial charge < -0.3 is 0 Å². The molecule has 1 atom stereocenters. The van der Waals surface area contributed by atoms with Gasteiger partial charge in [-0.15, -0.1) is 0 Å². The van der Waals surface area contributed by atoms with Crippen LogP contribution in [0.25, 0.3) is 0 Å². The molecule has 0 N–H and O–H groups in total. The average molecular weight is 157 g/mol. The molecule has 0 aromatic heterocycles. The Bertz CT molecular complexity index is 199. The molecule has 56 valence electrons. The van der Waals surface area contributed by atoms with E-state index in [1.165, 1.54) is 17.6 Å². The van der Waals surface area contributed by atoms with Crippen LogP contribution >= 0.6 is 11.6 Å². The molecule has 0 aliphatic heterocycles. The highest BCUT2D eigenvalue weighted by molar-refractivity contribution is 6.32. The number of hydrogen-bond acceptors (Lipinski definition) is 0.